The molecule has 0 bridgehead atoms. The zero-order valence-corrected chi connectivity index (χ0v) is 17.2. The molecule has 0 unspecified atom stereocenters. The number of carbonyl (C=O) groups is 1. The lowest BCUT2D eigenvalue weighted by Crippen LogP contribution is -2.08. The molecule has 1 N–H and O–H groups in total. The Morgan fingerprint density at radius 3 is 2.53 bits per heavy atom. The van der Waals surface area contributed by atoms with Crippen LogP contribution in [0.5, 0.6) is 23.0 Å². The molecule has 0 saturated carbocycles. The minimum Gasteiger partial charge on any atom is -0.493 e. The van der Waals surface area contributed by atoms with Gasteiger partial charge in [0.2, 0.25) is 5.91 Å². The van der Waals surface area contributed by atoms with Gasteiger partial charge in [0.05, 0.1) is 13.2 Å². The Balaban J connectivity index is 1.64. The van der Waals surface area contributed by atoms with Crippen molar-refractivity contribution in [2.75, 3.05) is 12.4 Å². The summed E-state index contributed by atoms with van der Waals surface area (Å²) in [7, 11) is 1.59. The maximum atomic E-state index is 12.3. The van der Waals surface area contributed by atoms with Gasteiger partial charge in [-0.15, -0.1) is 0 Å². The van der Waals surface area contributed by atoms with E-state index in [9.17, 15) is 4.79 Å². The first-order chi connectivity index (χ1) is 14.5. The van der Waals surface area contributed by atoms with E-state index in [4.69, 9.17) is 14.2 Å². The quantitative estimate of drug-likeness (QED) is 0.515. The number of benzene rings is 2. The molecule has 0 aliphatic carbocycles. The Labute approximate surface area is 176 Å². The summed E-state index contributed by atoms with van der Waals surface area (Å²) in [6.07, 6.45) is 6.54. The number of methoxy groups -OCH3 is 1. The molecular weight excluding hydrogens is 380 g/mol. The number of nitrogens with zero attached hydrogens (tertiary/aromatic N) is 1. The molecule has 6 heteroatoms. The fraction of sp³-hybridized carbons (Fsp3) is 0.167. The number of aromatic nitrogens is 1. The number of pyridine rings is 1. The van der Waals surface area contributed by atoms with E-state index in [1.165, 1.54) is 6.08 Å². The van der Waals surface area contributed by atoms with Gasteiger partial charge in [0.25, 0.3) is 0 Å². The Kier molecular flexibility index (Phi) is 7.05. The highest BCUT2D eigenvalue weighted by atomic mass is 16.5. The van der Waals surface area contributed by atoms with Gasteiger partial charge >= 0.3 is 0 Å². The fourth-order valence-corrected chi connectivity index (χ4v) is 2.67. The van der Waals surface area contributed by atoms with Crippen molar-refractivity contribution in [3.8, 4) is 23.0 Å². The Bertz CT molecular complexity index is 1020. The second-order valence-electron chi connectivity index (χ2n) is 6.71. The monoisotopic (exact) mass is 404 g/mol. The molecule has 30 heavy (non-hydrogen) atoms. The number of ether oxygens (including phenoxy) is 3. The molecule has 0 fully saturated rings. The summed E-state index contributed by atoms with van der Waals surface area (Å²) in [5.41, 5.74) is 1.46. The summed E-state index contributed by atoms with van der Waals surface area (Å²) in [5, 5.41) is 2.83. The van der Waals surface area contributed by atoms with E-state index in [0.717, 1.165) is 5.56 Å². The van der Waals surface area contributed by atoms with E-state index in [1.54, 1.807) is 49.8 Å². The van der Waals surface area contributed by atoms with Gasteiger partial charge in [0.15, 0.2) is 11.5 Å². The number of anilines is 1. The van der Waals surface area contributed by atoms with E-state index in [-0.39, 0.29) is 12.0 Å². The molecule has 0 aliphatic heterocycles. The van der Waals surface area contributed by atoms with Gasteiger partial charge < -0.3 is 19.5 Å². The summed E-state index contributed by atoms with van der Waals surface area (Å²) in [5.74, 6) is 2.32. The predicted molar refractivity (Wildman–Crippen MR) is 117 cm³/mol. The third-order valence-corrected chi connectivity index (χ3v) is 3.96. The molecule has 154 valence electrons. The molecular formula is C24H24N2O4. The molecule has 3 rings (SSSR count). The van der Waals surface area contributed by atoms with Gasteiger partial charge in [-0.05, 0) is 61.9 Å². The third-order valence-electron chi connectivity index (χ3n) is 3.96. The van der Waals surface area contributed by atoms with E-state index >= 15 is 0 Å². The summed E-state index contributed by atoms with van der Waals surface area (Å²) >= 11 is 0. The van der Waals surface area contributed by atoms with Crippen LogP contribution in [0.1, 0.15) is 19.4 Å². The van der Waals surface area contributed by atoms with Crippen molar-refractivity contribution < 1.29 is 19.0 Å². The molecule has 0 saturated heterocycles. The van der Waals surface area contributed by atoms with Gasteiger partial charge in [-0.3, -0.25) is 9.78 Å². The zero-order chi connectivity index (χ0) is 21.3. The van der Waals surface area contributed by atoms with Gasteiger partial charge in [0.1, 0.15) is 11.5 Å². The summed E-state index contributed by atoms with van der Waals surface area (Å²) in [6.45, 7) is 3.91. The lowest BCUT2D eigenvalue weighted by atomic mass is 10.2. The second-order valence-corrected chi connectivity index (χ2v) is 6.71. The number of hydrogen-bond donors (Lipinski definition) is 1. The highest BCUT2D eigenvalue weighted by Crippen LogP contribution is 2.29. The molecule has 6 nitrogen and oxygen atoms in total. The normalized spacial score (nSPS) is 10.8. The Hall–Kier alpha value is -3.80. The molecule has 1 amide bonds. The number of hydrogen-bond acceptors (Lipinski definition) is 5. The van der Waals surface area contributed by atoms with Gasteiger partial charge in [-0.25, -0.2) is 0 Å². The standard InChI is InChI=1S/C24H24N2O4/c1-17(2)29-22-9-7-18(15-23(22)28-3)8-10-24(27)26-19-5-4-6-21(16-19)30-20-11-13-25-14-12-20/h4-17H,1-3H3,(H,26,27)/b10-8+. The van der Waals surface area contributed by atoms with Crippen molar-refractivity contribution in [1.29, 1.82) is 0 Å². The van der Waals surface area contributed by atoms with Gasteiger partial charge in [0, 0.05) is 30.2 Å². The molecule has 0 spiro atoms. The van der Waals surface area contributed by atoms with Crippen LogP contribution in [0.15, 0.2) is 73.1 Å². The minimum absolute atomic E-state index is 0.0457. The van der Waals surface area contributed by atoms with E-state index in [1.807, 2.05) is 44.2 Å². The first-order valence-corrected chi connectivity index (χ1v) is 9.55. The number of nitrogens with one attached hydrogen (secondary N) is 1. The number of rotatable bonds is 8. The van der Waals surface area contributed by atoms with E-state index < -0.39 is 0 Å². The smallest absolute Gasteiger partial charge is 0.248 e. The van der Waals surface area contributed by atoms with Crippen LogP contribution in [-0.4, -0.2) is 24.1 Å². The van der Waals surface area contributed by atoms with Crippen molar-refractivity contribution >= 4 is 17.7 Å². The molecule has 0 radical (unpaired) electrons. The summed E-state index contributed by atoms with van der Waals surface area (Å²) in [6, 6.07) is 16.2. The summed E-state index contributed by atoms with van der Waals surface area (Å²) < 4.78 is 16.8. The highest BCUT2D eigenvalue weighted by molar-refractivity contribution is 6.02. The third kappa shape index (κ3) is 6.10. The molecule has 2 aromatic carbocycles. The first kappa shape index (κ1) is 20.9. The van der Waals surface area contributed by atoms with E-state index in [2.05, 4.69) is 10.3 Å². The average molecular weight is 404 g/mol. The van der Waals surface area contributed by atoms with Crippen LogP contribution in [0.2, 0.25) is 0 Å². The van der Waals surface area contributed by atoms with E-state index in [0.29, 0.717) is 28.7 Å². The topological polar surface area (TPSA) is 69.7 Å². The molecule has 1 aromatic heterocycles. The van der Waals surface area contributed by atoms with Gasteiger partial charge in [-0.1, -0.05) is 12.1 Å². The maximum absolute atomic E-state index is 12.3. The molecule has 3 aromatic rings. The first-order valence-electron chi connectivity index (χ1n) is 9.55. The maximum Gasteiger partial charge on any atom is 0.248 e. The van der Waals surface area contributed by atoms with Crippen molar-refractivity contribution in [2.45, 2.75) is 20.0 Å². The van der Waals surface area contributed by atoms with Crippen LogP contribution >= 0.6 is 0 Å². The van der Waals surface area contributed by atoms with Crippen LogP contribution in [0, 0.1) is 0 Å². The number of carbonyl (C=O) groups excluding carboxylic acids is 1. The SMILES string of the molecule is COc1cc(/C=C/C(=O)Nc2cccc(Oc3ccncc3)c2)ccc1OC(C)C. The second kappa shape index (κ2) is 10.1. The van der Waals surface area contributed by atoms with Crippen LogP contribution in [-0.2, 0) is 4.79 Å². The van der Waals surface area contributed by atoms with Crippen molar-refractivity contribution in [3.63, 3.8) is 0 Å². The Morgan fingerprint density at radius 1 is 1.00 bits per heavy atom. The molecule has 1 heterocycles. The van der Waals surface area contributed by atoms with Crippen molar-refractivity contribution in [1.82, 2.24) is 4.98 Å². The average Bonchev–Trinajstić information content (AvgIpc) is 2.73. The zero-order valence-electron chi connectivity index (χ0n) is 17.2. The Morgan fingerprint density at radius 2 is 1.80 bits per heavy atom. The molecule has 0 aliphatic rings. The van der Waals surface area contributed by atoms with Gasteiger partial charge in [-0.2, -0.15) is 0 Å². The largest absolute Gasteiger partial charge is 0.493 e. The van der Waals surface area contributed by atoms with Crippen LogP contribution in [0.25, 0.3) is 6.08 Å². The van der Waals surface area contributed by atoms with Crippen molar-refractivity contribution in [2.24, 2.45) is 0 Å². The number of amides is 1. The highest BCUT2D eigenvalue weighted by Gasteiger charge is 2.07. The lowest BCUT2D eigenvalue weighted by Gasteiger charge is -2.13. The van der Waals surface area contributed by atoms with Crippen LogP contribution < -0.4 is 19.5 Å². The molecule has 0 atom stereocenters. The fourth-order valence-electron chi connectivity index (χ4n) is 2.67. The predicted octanol–water partition coefficient (Wildman–Crippen LogP) is 5.32. The summed E-state index contributed by atoms with van der Waals surface area (Å²) in [4.78, 5) is 16.3. The van der Waals surface area contributed by atoms with Crippen LogP contribution in [0.3, 0.4) is 0 Å². The minimum atomic E-state index is -0.252. The van der Waals surface area contributed by atoms with Crippen LogP contribution in [0.4, 0.5) is 5.69 Å². The lowest BCUT2D eigenvalue weighted by molar-refractivity contribution is -0.111. The van der Waals surface area contributed by atoms with Crippen molar-refractivity contribution in [3.05, 3.63) is 78.6 Å².